The van der Waals surface area contributed by atoms with Crippen molar-refractivity contribution in [2.75, 3.05) is 0 Å². The lowest BCUT2D eigenvalue weighted by atomic mass is 9.98. The van der Waals surface area contributed by atoms with E-state index in [0.717, 1.165) is 12.8 Å². The van der Waals surface area contributed by atoms with Crippen LogP contribution in [-0.2, 0) is 10.3 Å². The fourth-order valence-corrected chi connectivity index (χ4v) is 2.25. The van der Waals surface area contributed by atoms with Crippen LogP contribution in [0.2, 0.25) is 0 Å². The molecule has 1 N–H and O–H groups in total. The molecule has 0 unspecified atom stereocenters. The molecular weight excluding hydrogens is 194 g/mol. The number of hydrogen-bond donors (Lipinski definition) is 1. The first-order valence-electron chi connectivity index (χ1n) is 4.82. The predicted molar refractivity (Wildman–Crippen MR) is 51.7 cm³/mol. The maximum atomic E-state index is 11.8. The van der Waals surface area contributed by atoms with E-state index < -0.39 is 5.54 Å². The highest BCUT2D eigenvalue weighted by atomic mass is 16.3. The number of rotatable bonds is 1. The lowest BCUT2D eigenvalue weighted by Crippen LogP contribution is -2.31. The molecule has 1 aliphatic carbocycles. The summed E-state index contributed by atoms with van der Waals surface area (Å²) in [6.07, 6.45) is 3.79. The third kappa shape index (κ3) is 0.819. The van der Waals surface area contributed by atoms with Gasteiger partial charge < -0.3 is 9.67 Å². The van der Waals surface area contributed by atoms with Crippen LogP contribution < -0.4 is 0 Å². The number of aldehydes is 1. The van der Waals surface area contributed by atoms with Crippen LogP contribution in [0.4, 0.5) is 0 Å². The molecule has 0 bridgehead atoms. The molecule has 4 heteroatoms. The summed E-state index contributed by atoms with van der Waals surface area (Å²) in [6.45, 7) is 0. The summed E-state index contributed by atoms with van der Waals surface area (Å²) in [5, 5.41) is 9.90. The fourth-order valence-electron chi connectivity index (χ4n) is 2.25. The minimum Gasteiger partial charge on any atom is -0.509 e. The molecule has 76 valence electrons. The second-order valence-electron chi connectivity index (χ2n) is 4.00. The van der Waals surface area contributed by atoms with Crippen molar-refractivity contribution in [3.8, 4) is 0 Å². The van der Waals surface area contributed by atoms with Crippen LogP contribution in [0.25, 0.3) is 0 Å². The van der Waals surface area contributed by atoms with Crippen molar-refractivity contribution in [3.63, 3.8) is 0 Å². The SMILES string of the molecule is O=CC1=C(O)C2(CC2)n2cccc2C1=O. The molecule has 1 aromatic rings. The maximum absolute atomic E-state index is 11.8. The van der Waals surface area contributed by atoms with E-state index in [4.69, 9.17) is 0 Å². The molecule has 2 aliphatic rings. The van der Waals surface area contributed by atoms with Gasteiger partial charge in [-0.15, -0.1) is 0 Å². The molecule has 2 heterocycles. The minimum absolute atomic E-state index is 0.0637. The van der Waals surface area contributed by atoms with E-state index in [1.54, 1.807) is 22.9 Å². The molecule has 1 spiro atoms. The summed E-state index contributed by atoms with van der Waals surface area (Å²) in [5.74, 6) is -0.448. The molecule has 3 rings (SSSR count). The van der Waals surface area contributed by atoms with Gasteiger partial charge in [-0.3, -0.25) is 9.59 Å². The zero-order valence-corrected chi connectivity index (χ0v) is 7.93. The number of allylic oxidation sites excluding steroid dienone is 2. The van der Waals surface area contributed by atoms with Gasteiger partial charge in [-0.2, -0.15) is 0 Å². The molecule has 15 heavy (non-hydrogen) atoms. The number of aromatic nitrogens is 1. The number of aliphatic hydroxyl groups is 1. The van der Waals surface area contributed by atoms with Gasteiger partial charge in [-0.1, -0.05) is 0 Å². The Labute approximate surface area is 85.8 Å². The Kier molecular flexibility index (Phi) is 1.35. The van der Waals surface area contributed by atoms with Gasteiger partial charge in [0.15, 0.2) is 6.29 Å². The van der Waals surface area contributed by atoms with Crippen LogP contribution >= 0.6 is 0 Å². The number of aliphatic hydroxyl groups excluding tert-OH is 1. The van der Waals surface area contributed by atoms with Crippen molar-refractivity contribution in [2.24, 2.45) is 0 Å². The summed E-state index contributed by atoms with van der Waals surface area (Å²) in [7, 11) is 0. The van der Waals surface area contributed by atoms with Gasteiger partial charge in [0.1, 0.15) is 16.9 Å². The third-order valence-corrected chi connectivity index (χ3v) is 3.22. The molecule has 0 amide bonds. The van der Waals surface area contributed by atoms with E-state index in [-0.39, 0.29) is 17.1 Å². The number of carbonyl (C=O) groups excluding carboxylic acids is 2. The van der Waals surface area contributed by atoms with Gasteiger partial charge in [0, 0.05) is 6.20 Å². The molecule has 1 saturated carbocycles. The Hall–Kier alpha value is -1.84. The molecule has 1 aliphatic heterocycles. The molecule has 1 aromatic heterocycles. The largest absolute Gasteiger partial charge is 0.509 e. The first-order valence-corrected chi connectivity index (χ1v) is 4.82. The molecule has 0 atom stereocenters. The molecule has 0 aromatic carbocycles. The number of nitrogens with zero attached hydrogens (tertiary/aromatic N) is 1. The number of Topliss-reactive ketones (excluding diaryl/α,β-unsaturated/α-hetero) is 1. The van der Waals surface area contributed by atoms with Gasteiger partial charge in [0.05, 0.1) is 5.69 Å². The standard InChI is InChI=1S/C11H9NO3/c13-6-7-9(14)8-2-1-5-12(8)11(3-4-11)10(7)15/h1-2,5-6,15H,3-4H2. The highest BCUT2D eigenvalue weighted by molar-refractivity contribution is 6.20. The Morgan fingerprint density at radius 1 is 1.47 bits per heavy atom. The Morgan fingerprint density at radius 2 is 2.20 bits per heavy atom. The predicted octanol–water partition coefficient (Wildman–Crippen LogP) is 1.18. The zero-order chi connectivity index (χ0) is 10.6. The van der Waals surface area contributed by atoms with Crippen molar-refractivity contribution in [2.45, 2.75) is 18.4 Å². The average Bonchev–Trinajstić information content (AvgIpc) is 2.87. The van der Waals surface area contributed by atoms with Crippen molar-refractivity contribution in [1.29, 1.82) is 0 Å². The van der Waals surface area contributed by atoms with E-state index in [1.165, 1.54) is 0 Å². The van der Waals surface area contributed by atoms with Gasteiger partial charge in [0.25, 0.3) is 0 Å². The van der Waals surface area contributed by atoms with Crippen molar-refractivity contribution >= 4 is 12.1 Å². The van der Waals surface area contributed by atoms with E-state index in [2.05, 4.69) is 0 Å². The number of fused-ring (bicyclic) bond motifs is 2. The second kappa shape index (κ2) is 2.39. The molecule has 1 fully saturated rings. The maximum Gasteiger partial charge on any atom is 0.216 e. The smallest absolute Gasteiger partial charge is 0.216 e. The van der Waals surface area contributed by atoms with E-state index in [0.29, 0.717) is 12.0 Å². The number of carbonyl (C=O) groups is 2. The minimum atomic E-state index is -0.497. The van der Waals surface area contributed by atoms with Crippen molar-refractivity contribution in [3.05, 3.63) is 35.4 Å². The quantitative estimate of drug-likeness (QED) is 0.550. The monoisotopic (exact) mass is 203 g/mol. The van der Waals surface area contributed by atoms with Gasteiger partial charge in [0.2, 0.25) is 5.78 Å². The zero-order valence-electron chi connectivity index (χ0n) is 7.93. The second-order valence-corrected chi connectivity index (χ2v) is 4.00. The Balaban J connectivity index is 2.31. The van der Waals surface area contributed by atoms with Crippen LogP contribution in [0.1, 0.15) is 23.3 Å². The molecule has 0 radical (unpaired) electrons. The highest BCUT2D eigenvalue weighted by Crippen LogP contribution is 2.52. The van der Waals surface area contributed by atoms with Crippen LogP contribution in [0, 0.1) is 0 Å². The first kappa shape index (κ1) is 8.47. The topological polar surface area (TPSA) is 59.3 Å². The van der Waals surface area contributed by atoms with Crippen LogP contribution in [0.5, 0.6) is 0 Å². The van der Waals surface area contributed by atoms with Gasteiger partial charge in [-0.25, -0.2) is 0 Å². The van der Waals surface area contributed by atoms with Crippen LogP contribution in [-0.4, -0.2) is 21.7 Å². The summed E-state index contributed by atoms with van der Waals surface area (Å²) in [5.41, 5.74) is -0.0886. The Morgan fingerprint density at radius 3 is 2.80 bits per heavy atom. The van der Waals surface area contributed by atoms with Crippen LogP contribution in [0.15, 0.2) is 29.7 Å². The average molecular weight is 203 g/mol. The molecule has 0 saturated heterocycles. The van der Waals surface area contributed by atoms with Crippen molar-refractivity contribution < 1.29 is 14.7 Å². The summed E-state index contributed by atoms with van der Waals surface area (Å²) >= 11 is 0. The summed E-state index contributed by atoms with van der Waals surface area (Å²) in [4.78, 5) is 22.5. The lowest BCUT2D eigenvalue weighted by Gasteiger charge is -2.25. The fraction of sp³-hybridized carbons (Fsp3) is 0.273. The Bertz CT molecular complexity index is 506. The normalized spacial score (nSPS) is 21.7. The van der Waals surface area contributed by atoms with Crippen molar-refractivity contribution in [1.82, 2.24) is 4.57 Å². The van der Waals surface area contributed by atoms with E-state index >= 15 is 0 Å². The summed E-state index contributed by atoms with van der Waals surface area (Å²) in [6, 6.07) is 3.44. The third-order valence-electron chi connectivity index (χ3n) is 3.22. The van der Waals surface area contributed by atoms with E-state index in [1.807, 2.05) is 0 Å². The van der Waals surface area contributed by atoms with Crippen LogP contribution in [0.3, 0.4) is 0 Å². The molecule has 4 nitrogen and oxygen atoms in total. The highest BCUT2D eigenvalue weighted by Gasteiger charge is 2.54. The first-order chi connectivity index (χ1) is 7.20. The molecular formula is C11H9NO3. The number of ketones is 1. The van der Waals surface area contributed by atoms with Gasteiger partial charge in [-0.05, 0) is 25.0 Å². The lowest BCUT2D eigenvalue weighted by molar-refractivity contribution is -0.104. The number of hydrogen-bond acceptors (Lipinski definition) is 3. The van der Waals surface area contributed by atoms with E-state index in [9.17, 15) is 14.7 Å². The van der Waals surface area contributed by atoms with Gasteiger partial charge >= 0.3 is 0 Å². The summed E-state index contributed by atoms with van der Waals surface area (Å²) < 4.78 is 1.78.